The lowest BCUT2D eigenvalue weighted by atomic mass is 10.2. The Morgan fingerprint density at radius 1 is 1.52 bits per heavy atom. The van der Waals surface area contributed by atoms with Crippen molar-refractivity contribution in [2.24, 2.45) is 12.8 Å². The quantitative estimate of drug-likeness (QED) is 0.859. The van der Waals surface area contributed by atoms with Gasteiger partial charge in [-0.25, -0.2) is 9.37 Å². The lowest BCUT2D eigenvalue weighted by Crippen LogP contribution is -2.14. The summed E-state index contributed by atoms with van der Waals surface area (Å²) in [6.45, 7) is 0.450. The number of aromatic nitrogens is 2. The summed E-state index contributed by atoms with van der Waals surface area (Å²) >= 11 is 1.37. The summed E-state index contributed by atoms with van der Waals surface area (Å²) in [6.07, 6.45) is 4.43. The van der Waals surface area contributed by atoms with E-state index in [0.29, 0.717) is 25.1 Å². The van der Waals surface area contributed by atoms with E-state index >= 15 is 0 Å². The molecule has 1 aromatic carbocycles. The number of carbonyl (C=O) groups is 1. The number of amides is 1. The molecule has 0 aliphatic rings. The van der Waals surface area contributed by atoms with Gasteiger partial charge in [-0.15, -0.1) is 0 Å². The van der Waals surface area contributed by atoms with Gasteiger partial charge < -0.3 is 15.6 Å². The van der Waals surface area contributed by atoms with Crippen molar-refractivity contribution in [3.05, 3.63) is 36.4 Å². The van der Waals surface area contributed by atoms with Crippen molar-refractivity contribution in [2.45, 2.75) is 22.9 Å². The van der Waals surface area contributed by atoms with Crippen molar-refractivity contribution in [3.8, 4) is 0 Å². The number of imidazole rings is 1. The van der Waals surface area contributed by atoms with Crippen LogP contribution in [0.5, 0.6) is 0 Å². The number of carbonyl (C=O) groups excluding carboxylic acids is 1. The van der Waals surface area contributed by atoms with Crippen molar-refractivity contribution in [2.75, 3.05) is 11.9 Å². The summed E-state index contributed by atoms with van der Waals surface area (Å²) in [5.41, 5.74) is 5.83. The van der Waals surface area contributed by atoms with Crippen LogP contribution in [0.15, 0.2) is 40.6 Å². The highest BCUT2D eigenvalue weighted by molar-refractivity contribution is 7.99. The topological polar surface area (TPSA) is 72.9 Å². The number of hydrogen-bond acceptors (Lipinski definition) is 4. The van der Waals surface area contributed by atoms with Crippen LogP contribution in [-0.4, -0.2) is 22.0 Å². The molecule has 1 aromatic heterocycles. The summed E-state index contributed by atoms with van der Waals surface area (Å²) < 4.78 is 15.3. The fourth-order valence-corrected chi connectivity index (χ4v) is 2.58. The number of rotatable bonds is 6. The van der Waals surface area contributed by atoms with E-state index in [4.69, 9.17) is 5.73 Å². The average molecular weight is 308 g/mol. The summed E-state index contributed by atoms with van der Waals surface area (Å²) in [5, 5.41) is 3.49. The lowest BCUT2D eigenvalue weighted by molar-refractivity contribution is -0.116. The molecule has 7 heteroatoms. The van der Waals surface area contributed by atoms with Gasteiger partial charge in [0.25, 0.3) is 0 Å². The molecule has 0 atom stereocenters. The van der Waals surface area contributed by atoms with Crippen LogP contribution in [0.4, 0.5) is 10.1 Å². The van der Waals surface area contributed by atoms with E-state index in [1.807, 2.05) is 17.8 Å². The van der Waals surface area contributed by atoms with Gasteiger partial charge in [-0.3, -0.25) is 4.79 Å². The van der Waals surface area contributed by atoms with Gasteiger partial charge in [0.15, 0.2) is 5.16 Å². The predicted octanol–water partition coefficient (Wildman–Crippen LogP) is 2.39. The van der Waals surface area contributed by atoms with Crippen molar-refractivity contribution >= 4 is 23.4 Å². The maximum atomic E-state index is 13.4. The first kappa shape index (κ1) is 15.5. The molecule has 0 fully saturated rings. The lowest BCUT2D eigenvalue weighted by Gasteiger charge is -2.10. The van der Waals surface area contributed by atoms with E-state index in [2.05, 4.69) is 10.3 Å². The first-order valence-corrected chi connectivity index (χ1v) is 7.36. The minimum Gasteiger partial charge on any atom is -0.330 e. The molecule has 3 N–H and O–H groups in total. The zero-order valence-corrected chi connectivity index (χ0v) is 12.5. The molecule has 0 spiro atoms. The predicted molar refractivity (Wildman–Crippen MR) is 80.6 cm³/mol. The number of aryl methyl sites for hydroxylation is 1. The Hall–Kier alpha value is -1.86. The SMILES string of the molecule is Cn1ccnc1Sc1ccc(F)cc1NC(=O)CCCN. The molecule has 0 saturated heterocycles. The molecule has 0 unspecified atom stereocenters. The minimum atomic E-state index is -0.395. The third-order valence-electron chi connectivity index (χ3n) is 2.80. The highest BCUT2D eigenvalue weighted by Crippen LogP contribution is 2.32. The molecule has 5 nitrogen and oxygen atoms in total. The highest BCUT2D eigenvalue weighted by atomic mass is 32.2. The van der Waals surface area contributed by atoms with E-state index in [0.717, 1.165) is 10.1 Å². The molecule has 2 rings (SSSR count). The fraction of sp³-hybridized carbons (Fsp3) is 0.286. The Morgan fingerprint density at radius 2 is 2.33 bits per heavy atom. The fourth-order valence-electron chi connectivity index (χ4n) is 1.71. The Balaban J connectivity index is 2.17. The number of nitrogens with two attached hydrogens (primary N) is 1. The van der Waals surface area contributed by atoms with Gasteiger partial charge in [-0.05, 0) is 42.9 Å². The molecular formula is C14H17FN4OS. The number of anilines is 1. The zero-order chi connectivity index (χ0) is 15.2. The van der Waals surface area contributed by atoms with Crippen LogP contribution in [0.3, 0.4) is 0 Å². The third kappa shape index (κ3) is 4.30. The van der Waals surface area contributed by atoms with Crippen LogP contribution < -0.4 is 11.1 Å². The number of nitrogens with zero attached hydrogens (tertiary/aromatic N) is 2. The number of halogens is 1. The number of hydrogen-bond donors (Lipinski definition) is 2. The van der Waals surface area contributed by atoms with E-state index in [-0.39, 0.29) is 5.91 Å². The third-order valence-corrected chi connectivity index (χ3v) is 3.95. The van der Waals surface area contributed by atoms with Crippen LogP contribution in [0.1, 0.15) is 12.8 Å². The van der Waals surface area contributed by atoms with Crippen molar-refractivity contribution in [3.63, 3.8) is 0 Å². The summed E-state index contributed by atoms with van der Waals surface area (Å²) in [4.78, 5) is 16.7. The summed E-state index contributed by atoms with van der Waals surface area (Å²) in [5.74, 6) is -0.568. The second-order valence-corrected chi connectivity index (χ2v) is 5.51. The molecule has 21 heavy (non-hydrogen) atoms. The molecule has 1 amide bonds. The van der Waals surface area contributed by atoms with Crippen LogP contribution >= 0.6 is 11.8 Å². The van der Waals surface area contributed by atoms with Gasteiger partial charge in [-0.2, -0.15) is 0 Å². The van der Waals surface area contributed by atoms with Gasteiger partial charge in [0.05, 0.1) is 5.69 Å². The summed E-state index contributed by atoms with van der Waals surface area (Å²) in [7, 11) is 1.87. The molecule has 0 aliphatic heterocycles. The van der Waals surface area contributed by atoms with Gasteiger partial charge in [0.1, 0.15) is 5.82 Å². The molecule has 112 valence electrons. The second kappa shape index (κ2) is 7.24. The molecular weight excluding hydrogens is 291 g/mol. The minimum absolute atomic E-state index is 0.173. The van der Waals surface area contributed by atoms with Gasteiger partial charge in [0, 0.05) is 30.8 Å². The van der Waals surface area contributed by atoms with Crippen LogP contribution in [0.2, 0.25) is 0 Å². The zero-order valence-electron chi connectivity index (χ0n) is 11.7. The maximum absolute atomic E-state index is 13.4. The number of nitrogens with one attached hydrogen (secondary N) is 1. The molecule has 2 aromatic rings. The van der Waals surface area contributed by atoms with Crippen molar-refractivity contribution < 1.29 is 9.18 Å². The van der Waals surface area contributed by atoms with E-state index in [9.17, 15) is 9.18 Å². The van der Waals surface area contributed by atoms with Crippen LogP contribution in [-0.2, 0) is 11.8 Å². The largest absolute Gasteiger partial charge is 0.330 e. The summed E-state index contributed by atoms with van der Waals surface area (Å²) in [6, 6.07) is 4.31. The smallest absolute Gasteiger partial charge is 0.224 e. The Morgan fingerprint density at radius 3 is 3.00 bits per heavy atom. The first-order valence-electron chi connectivity index (χ1n) is 6.55. The average Bonchev–Trinajstić information content (AvgIpc) is 2.85. The maximum Gasteiger partial charge on any atom is 0.224 e. The van der Waals surface area contributed by atoms with Gasteiger partial charge >= 0.3 is 0 Å². The monoisotopic (exact) mass is 308 g/mol. The van der Waals surface area contributed by atoms with Crippen molar-refractivity contribution in [1.82, 2.24) is 9.55 Å². The molecule has 0 bridgehead atoms. The first-order chi connectivity index (χ1) is 10.1. The van der Waals surface area contributed by atoms with Crippen molar-refractivity contribution in [1.29, 1.82) is 0 Å². The number of benzene rings is 1. The Kier molecular flexibility index (Phi) is 5.35. The van der Waals surface area contributed by atoms with Crippen LogP contribution in [0.25, 0.3) is 0 Å². The van der Waals surface area contributed by atoms with Crippen LogP contribution in [0, 0.1) is 5.82 Å². The van der Waals surface area contributed by atoms with E-state index in [1.165, 1.54) is 23.9 Å². The second-order valence-electron chi connectivity index (χ2n) is 4.50. The molecule has 0 saturated carbocycles. The van der Waals surface area contributed by atoms with E-state index < -0.39 is 5.82 Å². The van der Waals surface area contributed by atoms with Gasteiger partial charge in [0.2, 0.25) is 5.91 Å². The standard InChI is InChI=1S/C14H17FN4OS/c1-19-8-7-17-14(19)21-12-5-4-10(15)9-11(12)18-13(20)3-2-6-16/h4-5,7-9H,2-3,6,16H2,1H3,(H,18,20). The molecule has 1 heterocycles. The molecule has 0 aliphatic carbocycles. The Bertz CT molecular complexity index is 629. The Labute approximate surface area is 126 Å². The van der Waals surface area contributed by atoms with E-state index in [1.54, 1.807) is 12.3 Å². The van der Waals surface area contributed by atoms with Gasteiger partial charge in [-0.1, -0.05) is 0 Å². The molecule has 0 radical (unpaired) electrons. The highest BCUT2D eigenvalue weighted by Gasteiger charge is 2.11. The normalized spacial score (nSPS) is 10.6.